The molecule has 0 spiro atoms. The fourth-order valence-corrected chi connectivity index (χ4v) is 6.45. The minimum absolute atomic E-state index is 0.0697. The number of hydrogen-bond acceptors (Lipinski definition) is 7. The van der Waals surface area contributed by atoms with Gasteiger partial charge in [0.1, 0.15) is 11.5 Å². The van der Waals surface area contributed by atoms with Crippen LogP contribution in [0, 0.1) is 5.82 Å². The number of piperidine rings is 1. The first-order valence-corrected chi connectivity index (χ1v) is 14.8. The van der Waals surface area contributed by atoms with Gasteiger partial charge in [-0.15, -0.1) is 0 Å². The van der Waals surface area contributed by atoms with Crippen LogP contribution < -0.4 is 14.9 Å². The molecule has 1 aliphatic carbocycles. The summed E-state index contributed by atoms with van der Waals surface area (Å²) in [6.07, 6.45) is 7.05. The molecule has 1 saturated heterocycles. The summed E-state index contributed by atoms with van der Waals surface area (Å²) in [4.78, 5) is 13.9. The van der Waals surface area contributed by atoms with E-state index in [-0.39, 0.29) is 5.69 Å². The van der Waals surface area contributed by atoms with Gasteiger partial charge in [-0.2, -0.15) is 4.98 Å². The molecule has 1 saturated carbocycles. The maximum absolute atomic E-state index is 14.5. The highest BCUT2D eigenvalue weighted by atomic mass is 32.2. The summed E-state index contributed by atoms with van der Waals surface area (Å²) in [7, 11) is 0.705. The molecule has 39 heavy (non-hydrogen) atoms. The Morgan fingerprint density at radius 2 is 1.69 bits per heavy atom. The number of halogens is 1. The molecule has 0 amide bonds. The van der Waals surface area contributed by atoms with Crippen LogP contribution in [0.1, 0.15) is 25.7 Å². The quantitative estimate of drug-likeness (QED) is 0.328. The molecule has 11 heteroatoms. The van der Waals surface area contributed by atoms with Crippen molar-refractivity contribution in [2.45, 2.75) is 37.0 Å². The van der Waals surface area contributed by atoms with Gasteiger partial charge in [0.25, 0.3) is 0 Å². The van der Waals surface area contributed by atoms with Crippen molar-refractivity contribution < 1.29 is 12.8 Å². The lowest BCUT2D eigenvalue weighted by Gasteiger charge is -2.36. The summed E-state index contributed by atoms with van der Waals surface area (Å²) < 4.78 is 43.4. The van der Waals surface area contributed by atoms with E-state index in [1.54, 1.807) is 16.8 Å². The van der Waals surface area contributed by atoms with Gasteiger partial charge < -0.3 is 19.7 Å². The summed E-state index contributed by atoms with van der Waals surface area (Å²) >= 11 is 0. The number of anilines is 4. The van der Waals surface area contributed by atoms with E-state index in [1.165, 1.54) is 17.8 Å². The van der Waals surface area contributed by atoms with Crippen molar-refractivity contribution in [2.75, 3.05) is 42.1 Å². The highest BCUT2D eigenvalue weighted by molar-refractivity contribution is 7.93. The molecular formula is C28H32FN7O2S. The van der Waals surface area contributed by atoms with Crippen molar-refractivity contribution >= 4 is 44.1 Å². The monoisotopic (exact) mass is 549 g/mol. The van der Waals surface area contributed by atoms with Gasteiger partial charge in [-0.1, -0.05) is 0 Å². The molecule has 2 aliphatic rings. The van der Waals surface area contributed by atoms with Crippen molar-refractivity contribution in [3.8, 4) is 5.69 Å². The standard InChI is InChI=1S/C28H32FN7O2S/c1-34(2)21-12-14-35(15-13-21)22-5-3-20(4-6-22)31-28-30-18-19-11-16-36(27(19)32-28)23-7-10-25(29)26(17-23)33-39(37,38)24-8-9-24/h3-7,10-11,16-18,21,24,33H,8-9,12-15H2,1-2H3,(H,30,31,32). The first-order chi connectivity index (χ1) is 18.8. The highest BCUT2D eigenvalue weighted by Gasteiger charge is 2.36. The van der Waals surface area contributed by atoms with E-state index < -0.39 is 21.1 Å². The number of sulfonamides is 1. The van der Waals surface area contributed by atoms with Crippen molar-refractivity contribution in [3.63, 3.8) is 0 Å². The Hall–Kier alpha value is -3.70. The molecule has 204 valence electrons. The van der Waals surface area contributed by atoms with E-state index >= 15 is 0 Å². The van der Waals surface area contributed by atoms with Crippen molar-refractivity contribution in [3.05, 3.63) is 66.7 Å². The molecule has 2 fully saturated rings. The van der Waals surface area contributed by atoms with Crippen LogP contribution in [0.2, 0.25) is 0 Å². The molecule has 6 rings (SSSR count). The van der Waals surface area contributed by atoms with Gasteiger partial charge in [-0.05, 0) is 88.3 Å². The fourth-order valence-electron chi connectivity index (χ4n) is 5.07. The summed E-state index contributed by atoms with van der Waals surface area (Å²) in [6.45, 7) is 2.08. The summed E-state index contributed by atoms with van der Waals surface area (Å²) in [5, 5.41) is 3.64. The Kier molecular flexibility index (Phi) is 6.64. The Bertz CT molecular complexity index is 1590. The van der Waals surface area contributed by atoms with Gasteiger partial charge in [0.05, 0.1) is 10.9 Å². The molecule has 2 aromatic heterocycles. The lowest BCUT2D eigenvalue weighted by Crippen LogP contribution is -2.41. The third kappa shape index (κ3) is 5.41. The van der Waals surface area contributed by atoms with Gasteiger partial charge >= 0.3 is 0 Å². The van der Waals surface area contributed by atoms with Crippen LogP contribution in [0.4, 0.5) is 27.4 Å². The van der Waals surface area contributed by atoms with Gasteiger partial charge in [0.2, 0.25) is 16.0 Å². The zero-order chi connectivity index (χ0) is 27.1. The van der Waals surface area contributed by atoms with Gasteiger partial charge in [0, 0.05) is 54.0 Å². The van der Waals surface area contributed by atoms with E-state index in [0.29, 0.717) is 36.2 Å². The number of aromatic nitrogens is 3. The zero-order valence-corrected chi connectivity index (χ0v) is 22.8. The number of hydrogen-bond donors (Lipinski definition) is 2. The molecule has 3 heterocycles. The molecular weight excluding hydrogens is 517 g/mol. The molecule has 0 bridgehead atoms. The van der Waals surface area contributed by atoms with Gasteiger partial charge in [-0.25, -0.2) is 17.8 Å². The van der Waals surface area contributed by atoms with Crippen molar-refractivity contribution in [2.24, 2.45) is 0 Å². The summed E-state index contributed by atoms with van der Waals surface area (Å²) in [5.41, 5.74) is 3.22. The van der Waals surface area contributed by atoms with Crippen LogP contribution in [0.25, 0.3) is 16.7 Å². The predicted octanol–water partition coefficient (Wildman–Crippen LogP) is 4.74. The maximum Gasteiger partial charge on any atom is 0.235 e. The fraction of sp³-hybridized carbons (Fsp3) is 0.357. The van der Waals surface area contributed by atoms with Crippen LogP contribution in [-0.2, 0) is 10.0 Å². The van der Waals surface area contributed by atoms with E-state index in [2.05, 4.69) is 51.1 Å². The molecule has 0 radical (unpaired) electrons. The largest absolute Gasteiger partial charge is 0.371 e. The number of nitrogens with zero attached hydrogens (tertiary/aromatic N) is 5. The van der Waals surface area contributed by atoms with E-state index in [1.807, 2.05) is 24.4 Å². The predicted molar refractivity (Wildman–Crippen MR) is 153 cm³/mol. The second-order valence-electron chi connectivity index (χ2n) is 10.5. The Morgan fingerprint density at radius 1 is 0.974 bits per heavy atom. The average Bonchev–Trinajstić information content (AvgIpc) is 3.72. The Morgan fingerprint density at radius 3 is 2.38 bits per heavy atom. The smallest absolute Gasteiger partial charge is 0.235 e. The third-order valence-corrected chi connectivity index (χ3v) is 9.41. The van der Waals surface area contributed by atoms with E-state index in [0.717, 1.165) is 37.0 Å². The third-order valence-electron chi connectivity index (χ3n) is 7.55. The van der Waals surface area contributed by atoms with Crippen LogP contribution in [0.5, 0.6) is 0 Å². The maximum atomic E-state index is 14.5. The second kappa shape index (κ2) is 10.1. The number of benzene rings is 2. The minimum atomic E-state index is -3.59. The molecule has 4 aromatic rings. The normalized spacial score (nSPS) is 16.7. The highest BCUT2D eigenvalue weighted by Crippen LogP contribution is 2.32. The average molecular weight is 550 g/mol. The topological polar surface area (TPSA) is 95.4 Å². The number of nitrogens with one attached hydrogen (secondary N) is 2. The minimum Gasteiger partial charge on any atom is -0.371 e. The Labute approximate surface area is 227 Å². The molecule has 9 nitrogen and oxygen atoms in total. The zero-order valence-electron chi connectivity index (χ0n) is 22.0. The molecule has 1 aliphatic heterocycles. The second-order valence-corrected chi connectivity index (χ2v) is 12.5. The molecule has 2 N–H and O–H groups in total. The number of fused-ring (bicyclic) bond motifs is 1. The summed E-state index contributed by atoms with van der Waals surface area (Å²) in [6, 6.07) is 15.1. The SMILES string of the molecule is CN(C)C1CCN(c2ccc(Nc3ncc4ccn(-c5ccc(F)c(NS(=O)(=O)C6CC6)c5)c4n3)cc2)CC1. The first kappa shape index (κ1) is 25.6. The van der Waals surface area contributed by atoms with Crippen molar-refractivity contribution in [1.82, 2.24) is 19.4 Å². The van der Waals surface area contributed by atoms with E-state index in [9.17, 15) is 12.8 Å². The Balaban J connectivity index is 1.20. The summed E-state index contributed by atoms with van der Waals surface area (Å²) in [5.74, 6) is -0.194. The van der Waals surface area contributed by atoms with Gasteiger partial charge in [0.15, 0.2) is 0 Å². The van der Waals surface area contributed by atoms with Crippen LogP contribution >= 0.6 is 0 Å². The molecule has 0 atom stereocenters. The van der Waals surface area contributed by atoms with Gasteiger partial charge in [-0.3, -0.25) is 4.72 Å². The lowest BCUT2D eigenvalue weighted by atomic mass is 10.0. The molecule has 2 aromatic carbocycles. The van der Waals surface area contributed by atoms with Crippen LogP contribution in [0.3, 0.4) is 0 Å². The van der Waals surface area contributed by atoms with Crippen LogP contribution in [-0.4, -0.2) is 66.3 Å². The van der Waals surface area contributed by atoms with E-state index in [4.69, 9.17) is 4.98 Å². The number of rotatable bonds is 8. The molecule has 0 unspecified atom stereocenters. The lowest BCUT2D eigenvalue weighted by molar-refractivity contribution is 0.249. The van der Waals surface area contributed by atoms with Crippen molar-refractivity contribution in [1.29, 1.82) is 0 Å². The van der Waals surface area contributed by atoms with Crippen LogP contribution in [0.15, 0.2) is 60.9 Å². The first-order valence-electron chi connectivity index (χ1n) is 13.2.